The number of hydrogen-bond donors (Lipinski definition) is 2. The van der Waals surface area contributed by atoms with E-state index in [1.165, 1.54) is 11.8 Å². The number of piperidine rings is 1. The summed E-state index contributed by atoms with van der Waals surface area (Å²) in [6.45, 7) is 1.45. The number of rotatable bonds is 6. The molecule has 1 aliphatic rings. The maximum Gasteiger partial charge on any atom is 0.144 e. The molecule has 3 aromatic rings. The molecule has 3 N–H and O–H groups in total. The highest BCUT2D eigenvalue weighted by molar-refractivity contribution is 7.98. The van der Waals surface area contributed by atoms with Crippen LogP contribution in [0.25, 0.3) is 10.6 Å². The molecule has 0 atom stereocenters. The lowest BCUT2D eigenvalue weighted by Crippen LogP contribution is -2.36. The van der Waals surface area contributed by atoms with Gasteiger partial charge in [0.1, 0.15) is 39.1 Å². The quantitative estimate of drug-likeness (QED) is 0.471. The normalized spacial score (nSPS) is 14.1. The van der Waals surface area contributed by atoms with Gasteiger partial charge in [0.25, 0.3) is 0 Å². The van der Waals surface area contributed by atoms with Gasteiger partial charge in [-0.1, -0.05) is 35.5 Å². The van der Waals surface area contributed by atoms with Gasteiger partial charge in [-0.3, -0.25) is 0 Å². The molecule has 0 amide bonds. The second kappa shape index (κ2) is 10.4. The molecule has 0 bridgehead atoms. The summed E-state index contributed by atoms with van der Waals surface area (Å²) < 4.78 is 0. The first-order chi connectivity index (χ1) is 16.0. The molecule has 4 rings (SSSR count). The first kappa shape index (κ1) is 23.3. The largest absolute Gasteiger partial charge is 0.396 e. The van der Waals surface area contributed by atoms with Gasteiger partial charge in [0, 0.05) is 41.4 Å². The molecule has 0 saturated carbocycles. The maximum atomic E-state index is 9.97. The summed E-state index contributed by atoms with van der Waals surface area (Å²) in [5.74, 6) is 0.881. The predicted octanol–water partition coefficient (Wildman–Crippen LogP) is 4.69. The van der Waals surface area contributed by atoms with E-state index >= 15 is 0 Å². The Kier molecular flexibility index (Phi) is 7.36. The fraction of sp³-hybridized carbons (Fsp3) is 0.304. The summed E-state index contributed by atoms with van der Waals surface area (Å²) in [5.41, 5.74) is 9.14. The van der Waals surface area contributed by atoms with Crippen molar-refractivity contribution < 1.29 is 5.11 Å². The van der Waals surface area contributed by atoms with Crippen LogP contribution in [0.15, 0.2) is 34.7 Å². The van der Waals surface area contributed by atoms with Crippen LogP contribution in [0.2, 0.25) is 5.02 Å². The molecule has 0 unspecified atom stereocenters. The number of thiazole rings is 1. The first-order valence-electron chi connectivity index (χ1n) is 10.4. The summed E-state index contributed by atoms with van der Waals surface area (Å²) >= 11 is 8.90. The monoisotopic (exact) mass is 496 g/mol. The lowest BCUT2D eigenvalue weighted by Gasteiger charge is -2.34. The number of aliphatic hydroxyl groups is 1. The number of hydrogen-bond acceptors (Lipinski definition) is 9. The zero-order valence-electron chi connectivity index (χ0n) is 17.7. The van der Waals surface area contributed by atoms with Crippen LogP contribution < -0.4 is 10.6 Å². The van der Waals surface area contributed by atoms with E-state index in [1.807, 2.05) is 34.5 Å². The molecule has 10 heteroatoms. The van der Waals surface area contributed by atoms with Crippen molar-refractivity contribution >= 4 is 46.2 Å². The summed E-state index contributed by atoms with van der Waals surface area (Å²) in [7, 11) is 0. The Bertz CT molecular complexity index is 1220. The summed E-state index contributed by atoms with van der Waals surface area (Å²) in [5, 5.41) is 33.2. The third kappa shape index (κ3) is 5.07. The molecular formula is C23H21ClN6OS2. The molecule has 3 heterocycles. The van der Waals surface area contributed by atoms with Gasteiger partial charge in [-0.05, 0) is 30.9 Å². The number of aromatic nitrogens is 2. The maximum absolute atomic E-state index is 9.97. The average Bonchev–Trinajstić information content (AvgIpc) is 3.32. The van der Waals surface area contributed by atoms with Crippen molar-refractivity contribution in [3.05, 3.63) is 51.5 Å². The Hall–Kier alpha value is -2.82. The molecule has 1 aliphatic heterocycles. The second-order valence-corrected chi connectivity index (χ2v) is 9.94. The standard InChI is InChI=1S/C23H21ClN6OS2/c24-16-3-1-15(2-4-16)22-28-17(12-32-22)13-33-23-19(10-26)20(18(9-25)21(27)29-23)30-7-5-14(11-31)6-8-30/h1-4,12,14,31H,5-8,11,13H2,(H2,27,29). The van der Waals surface area contributed by atoms with E-state index in [0.29, 0.717) is 40.1 Å². The third-order valence-electron chi connectivity index (χ3n) is 5.58. The third-order valence-corrected chi connectivity index (χ3v) is 7.78. The lowest BCUT2D eigenvalue weighted by atomic mass is 9.96. The zero-order chi connectivity index (χ0) is 23.4. The molecule has 1 saturated heterocycles. The fourth-order valence-electron chi connectivity index (χ4n) is 3.78. The van der Waals surface area contributed by atoms with E-state index < -0.39 is 0 Å². The van der Waals surface area contributed by atoms with Gasteiger partial charge in [0.2, 0.25) is 0 Å². The number of anilines is 2. The molecule has 1 aromatic carbocycles. The number of nitriles is 2. The van der Waals surface area contributed by atoms with E-state index in [4.69, 9.17) is 22.3 Å². The van der Waals surface area contributed by atoms with Crippen molar-refractivity contribution in [1.82, 2.24) is 9.97 Å². The zero-order valence-corrected chi connectivity index (χ0v) is 20.1. The van der Waals surface area contributed by atoms with Crippen molar-refractivity contribution in [2.75, 3.05) is 30.3 Å². The highest BCUT2D eigenvalue weighted by atomic mass is 35.5. The van der Waals surface area contributed by atoms with Gasteiger partial charge in [-0.2, -0.15) is 10.5 Å². The summed E-state index contributed by atoms with van der Waals surface area (Å²) in [6.07, 6.45) is 1.59. The van der Waals surface area contributed by atoms with E-state index in [2.05, 4.69) is 17.1 Å². The van der Waals surface area contributed by atoms with Gasteiger partial charge in [0.15, 0.2) is 0 Å². The molecule has 33 heavy (non-hydrogen) atoms. The number of nitrogens with two attached hydrogens (primary N) is 1. The van der Waals surface area contributed by atoms with E-state index in [0.717, 1.165) is 29.1 Å². The summed E-state index contributed by atoms with van der Waals surface area (Å²) in [6, 6.07) is 11.9. The van der Waals surface area contributed by atoms with Gasteiger partial charge >= 0.3 is 0 Å². The van der Waals surface area contributed by atoms with Crippen molar-refractivity contribution in [3.8, 4) is 22.7 Å². The van der Waals surface area contributed by atoms with Gasteiger partial charge in [-0.15, -0.1) is 11.3 Å². The van der Waals surface area contributed by atoms with Gasteiger partial charge in [-0.25, -0.2) is 9.97 Å². The van der Waals surface area contributed by atoms with Crippen LogP contribution in [-0.2, 0) is 5.75 Å². The Balaban J connectivity index is 1.58. The Morgan fingerprint density at radius 3 is 2.48 bits per heavy atom. The second-order valence-electron chi connectivity index (χ2n) is 7.68. The lowest BCUT2D eigenvalue weighted by molar-refractivity contribution is 0.203. The Labute approximate surface area is 205 Å². The van der Waals surface area contributed by atoms with Crippen molar-refractivity contribution in [3.63, 3.8) is 0 Å². The number of nitrogens with zero attached hydrogens (tertiary/aromatic N) is 5. The molecule has 7 nitrogen and oxygen atoms in total. The van der Waals surface area contributed by atoms with Crippen molar-refractivity contribution in [2.45, 2.75) is 23.6 Å². The van der Waals surface area contributed by atoms with Crippen LogP contribution >= 0.6 is 34.7 Å². The number of benzene rings is 1. The first-order valence-corrected chi connectivity index (χ1v) is 12.6. The SMILES string of the molecule is N#Cc1c(N)nc(SCc2csc(-c3ccc(Cl)cc3)n2)c(C#N)c1N1CCC(CO)CC1. The Morgan fingerprint density at radius 2 is 1.85 bits per heavy atom. The number of aliphatic hydroxyl groups excluding tert-OH is 1. The number of nitrogen functional groups attached to an aromatic ring is 1. The molecular weight excluding hydrogens is 476 g/mol. The molecule has 168 valence electrons. The fourth-order valence-corrected chi connectivity index (χ4v) is 5.72. The minimum atomic E-state index is 0.124. The number of pyridine rings is 1. The van der Waals surface area contributed by atoms with Gasteiger partial charge in [0.05, 0.1) is 11.4 Å². The van der Waals surface area contributed by atoms with Crippen molar-refractivity contribution in [2.24, 2.45) is 5.92 Å². The van der Waals surface area contributed by atoms with E-state index in [1.54, 1.807) is 11.3 Å². The molecule has 0 radical (unpaired) electrons. The van der Waals surface area contributed by atoms with Crippen LogP contribution in [0.1, 0.15) is 29.7 Å². The molecule has 1 fully saturated rings. The van der Waals surface area contributed by atoms with Crippen LogP contribution in [0, 0.1) is 28.6 Å². The molecule has 0 spiro atoms. The number of halogens is 1. The molecule has 0 aliphatic carbocycles. The highest BCUT2D eigenvalue weighted by Crippen LogP contribution is 2.38. The molecule has 2 aromatic heterocycles. The predicted molar refractivity (Wildman–Crippen MR) is 132 cm³/mol. The minimum absolute atomic E-state index is 0.124. The van der Waals surface area contributed by atoms with E-state index in [9.17, 15) is 15.6 Å². The average molecular weight is 497 g/mol. The smallest absolute Gasteiger partial charge is 0.144 e. The highest BCUT2D eigenvalue weighted by Gasteiger charge is 2.27. The van der Waals surface area contributed by atoms with Crippen LogP contribution in [0.4, 0.5) is 11.5 Å². The summed E-state index contributed by atoms with van der Waals surface area (Å²) in [4.78, 5) is 11.1. The number of thioether (sulfide) groups is 1. The minimum Gasteiger partial charge on any atom is -0.396 e. The van der Waals surface area contributed by atoms with Gasteiger partial charge < -0.3 is 15.7 Å². The van der Waals surface area contributed by atoms with Crippen LogP contribution in [0.3, 0.4) is 0 Å². The van der Waals surface area contributed by atoms with Crippen molar-refractivity contribution in [1.29, 1.82) is 10.5 Å². The van der Waals surface area contributed by atoms with Crippen LogP contribution in [0.5, 0.6) is 0 Å². The van der Waals surface area contributed by atoms with E-state index in [-0.39, 0.29) is 23.9 Å². The van der Waals surface area contributed by atoms with Crippen LogP contribution in [-0.4, -0.2) is 34.8 Å². The Morgan fingerprint density at radius 1 is 1.15 bits per heavy atom. The topological polar surface area (TPSA) is 123 Å².